The Hall–Kier alpha value is -4.83. The first-order valence-corrected chi connectivity index (χ1v) is 20.9. The lowest BCUT2D eigenvalue weighted by Crippen LogP contribution is -2.59. The standard InChI is InChI=1S/C42H55ClN6O10/c1-8-24-18-42(24,38(52)53)48-36(50)30-16-26(19-49(30)37(51)35(41(4,5)6)47-40(54)59-25-14-22-13-23(22)15-25)58-32-17-28(29-20-57-39(46-29)44-21(2)3)45-34-27(32)9-10-31(33(34)43)56-12-11-55-7/h9-10,17,20-26,30,35H,8,11-16,18-19H2,1-7H3,(H,44,46)(H,47,54)(H,48,50)(H,52,53)/t22-,23+,24-,25+,26-,30+,35-,42-/m1/s1. The number of halogens is 1. The van der Waals surface area contributed by atoms with Gasteiger partial charge in [0.25, 0.3) is 6.01 Å². The summed E-state index contributed by atoms with van der Waals surface area (Å²) in [6.07, 6.45) is 3.47. The first-order chi connectivity index (χ1) is 28.0. The van der Waals surface area contributed by atoms with Crippen LogP contribution >= 0.6 is 11.6 Å². The second-order valence-electron chi connectivity index (χ2n) is 17.7. The van der Waals surface area contributed by atoms with Crippen molar-refractivity contribution in [3.63, 3.8) is 0 Å². The highest BCUT2D eigenvalue weighted by Gasteiger charge is 2.61. The molecule has 3 saturated carbocycles. The largest absolute Gasteiger partial charge is 0.490 e. The molecular formula is C42H55ClN6O10. The number of ether oxygens (including phenoxy) is 4. The third-order valence-corrected chi connectivity index (χ3v) is 12.3. The molecule has 2 aromatic heterocycles. The highest BCUT2D eigenvalue weighted by atomic mass is 35.5. The van der Waals surface area contributed by atoms with E-state index in [1.54, 1.807) is 25.3 Å². The van der Waals surface area contributed by atoms with Crippen molar-refractivity contribution in [2.45, 2.75) is 116 Å². The third kappa shape index (κ3) is 9.03. The number of fused-ring (bicyclic) bond motifs is 2. The molecule has 4 fully saturated rings. The zero-order chi connectivity index (χ0) is 42.4. The van der Waals surface area contributed by atoms with Crippen LogP contribution in [0.2, 0.25) is 5.02 Å². The number of aromatic nitrogens is 2. The lowest BCUT2D eigenvalue weighted by atomic mass is 9.85. The summed E-state index contributed by atoms with van der Waals surface area (Å²) < 4.78 is 29.2. The van der Waals surface area contributed by atoms with Crippen molar-refractivity contribution in [1.82, 2.24) is 25.5 Å². The number of benzene rings is 1. The quantitative estimate of drug-likeness (QED) is 0.122. The lowest BCUT2D eigenvalue weighted by Gasteiger charge is -2.35. The van der Waals surface area contributed by atoms with Gasteiger partial charge in [-0.3, -0.25) is 9.59 Å². The maximum Gasteiger partial charge on any atom is 0.408 e. The number of rotatable bonds is 16. The molecule has 3 heterocycles. The zero-order valence-corrected chi connectivity index (χ0v) is 35.4. The van der Waals surface area contributed by atoms with Crippen LogP contribution in [-0.4, -0.2) is 107 Å². The van der Waals surface area contributed by atoms with E-state index in [1.165, 1.54) is 17.6 Å². The molecule has 16 nitrogen and oxygen atoms in total. The summed E-state index contributed by atoms with van der Waals surface area (Å²) in [6.45, 7) is 11.8. The molecule has 8 atom stereocenters. The number of carboxylic acids is 1. The van der Waals surface area contributed by atoms with E-state index < -0.39 is 53.0 Å². The molecule has 1 aliphatic heterocycles. The molecule has 4 aliphatic rings. The highest BCUT2D eigenvalue weighted by molar-refractivity contribution is 6.36. The molecule has 59 heavy (non-hydrogen) atoms. The number of carboxylic acid groups (broad SMARTS) is 1. The molecule has 3 amide bonds. The van der Waals surface area contributed by atoms with Crippen LogP contribution in [0.5, 0.6) is 11.5 Å². The Labute approximate surface area is 348 Å². The number of likely N-dealkylation sites (tertiary alicyclic amines) is 1. The summed E-state index contributed by atoms with van der Waals surface area (Å²) in [5.41, 5.74) is -1.09. The number of hydrogen-bond acceptors (Lipinski definition) is 12. The fourth-order valence-electron chi connectivity index (χ4n) is 8.51. The van der Waals surface area contributed by atoms with E-state index in [-0.39, 0.29) is 49.1 Å². The number of aliphatic carboxylic acids is 1. The van der Waals surface area contributed by atoms with Gasteiger partial charge >= 0.3 is 12.1 Å². The van der Waals surface area contributed by atoms with E-state index in [4.69, 9.17) is 39.9 Å². The van der Waals surface area contributed by atoms with Gasteiger partial charge in [-0.05, 0) is 74.8 Å². The highest BCUT2D eigenvalue weighted by Crippen LogP contribution is 2.52. The number of carbonyl (C=O) groups is 4. The number of amides is 3. The first kappa shape index (κ1) is 42.3. The minimum absolute atomic E-state index is 0.0216. The van der Waals surface area contributed by atoms with Crippen LogP contribution in [0, 0.1) is 23.2 Å². The molecule has 0 bridgehead atoms. The lowest BCUT2D eigenvalue weighted by molar-refractivity contribution is -0.146. The summed E-state index contributed by atoms with van der Waals surface area (Å²) >= 11 is 6.93. The molecule has 3 aromatic rings. The van der Waals surface area contributed by atoms with Gasteiger partial charge in [0, 0.05) is 31.0 Å². The van der Waals surface area contributed by atoms with Crippen molar-refractivity contribution >= 4 is 52.4 Å². The Morgan fingerprint density at radius 3 is 2.42 bits per heavy atom. The van der Waals surface area contributed by atoms with Gasteiger partial charge in [-0.2, -0.15) is 4.98 Å². The van der Waals surface area contributed by atoms with Crippen LogP contribution in [-0.2, 0) is 23.9 Å². The van der Waals surface area contributed by atoms with Crippen LogP contribution in [0.4, 0.5) is 10.8 Å². The smallest absolute Gasteiger partial charge is 0.408 e. The predicted octanol–water partition coefficient (Wildman–Crippen LogP) is 6.05. The fraction of sp³-hybridized carbons (Fsp3) is 0.619. The van der Waals surface area contributed by atoms with E-state index in [1.807, 2.05) is 41.5 Å². The van der Waals surface area contributed by atoms with Crippen LogP contribution in [0.15, 0.2) is 28.9 Å². The van der Waals surface area contributed by atoms with Gasteiger partial charge in [-0.15, -0.1) is 0 Å². The number of hydrogen-bond donors (Lipinski definition) is 4. The monoisotopic (exact) mass is 838 g/mol. The maximum atomic E-state index is 14.7. The van der Waals surface area contributed by atoms with Gasteiger partial charge in [0.1, 0.15) is 64.9 Å². The van der Waals surface area contributed by atoms with Crippen molar-refractivity contribution in [2.75, 3.05) is 32.2 Å². The minimum Gasteiger partial charge on any atom is -0.490 e. The summed E-state index contributed by atoms with van der Waals surface area (Å²) in [5, 5.41) is 19.7. The van der Waals surface area contributed by atoms with Crippen LogP contribution in [0.1, 0.15) is 80.1 Å². The molecule has 0 unspecified atom stereocenters. The van der Waals surface area contributed by atoms with E-state index in [0.717, 1.165) is 12.8 Å². The first-order valence-electron chi connectivity index (χ1n) is 20.5. The molecule has 7 rings (SSSR count). The SMILES string of the molecule is CC[C@@H]1C[C@]1(NC(=O)[C@@H]1C[C@@H](Oc2cc(-c3coc(NC(C)C)n3)nc3c(Cl)c(OCCOC)ccc23)CN1C(=O)[C@@H](NC(=O)O[C@@H]1C[C@@H]2C[C@@H]2C1)C(C)(C)C)C(=O)O. The van der Waals surface area contributed by atoms with Crippen molar-refractivity contribution in [1.29, 1.82) is 0 Å². The second-order valence-corrected chi connectivity index (χ2v) is 18.1. The molecule has 17 heteroatoms. The molecule has 320 valence electrons. The molecule has 4 N–H and O–H groups in total. The Morgan fingerprint density at radius 2 is 1.78 bits per heavy atom. The molecular weight excluding hydrogens is 784 g/mol. The third-order valence-electron chi connectivity index (χ3n) is 11.9. The molecule has 1 saturated heterocycles. The predicted molar refractivity (Wildman–Crippen MR) is 217 cm³/mol. The van der Waals surface area contributed by atoms with E-state index >= 15 is 0 Å². The zero-order valence-electron chi connectivity index (χ0n) is 34.6. The van der Waals surface area contributed by atoms with Gasteiger partial charge in [0.2, 0.25) is 11.8 Å². The van der Waals surface area contributed by atoms with Gasteiger partial charge in [-0.25, -0.2) is 14.6 Å². The number of pyridine rings is 1. The normalized spacial score (nSPS) is 26.3. The van der Waals surface area contributed by atoms with Crippen molar-refractivity contribution in [2.24, 2.45) is 23.2 Å². The average Bonchev–Trinajstić information content (AvgIpc) is 3.84. The van der Waals surface area contributed by atoms with Crippen molar-refractivity contribution < 1.29 is 47.6 Å². The molecule has 0 radical (unpaired) electrons. The van der Waals surface area contributed by atoms with E-state index in [2.05, 4.69) is 20.9 Å². The topological polar surface area (TPSA) is 204 Å². The Balaban J connectivity index is 1.21. The number of carbonyl (C=O) groups excluding carboxylic acids is 3. The van der Waals surface area contributed by atoms with Crippen molar-refractivity contribution in [3.05, 3.63) is 29.5 Å². The van der Waals surface area contributed by atoms with Gasteiger partial charge in [0.05, 0.1) is 24.4 Å². The number of nitrogens with zero attached hydrogens (tertiary/aromatic N) is 3. The molecule has 3 aliphatic carbocycles. The number of methoxy groups -OCH3 is 1. The van der Waals surface area contributed by atoms with E-state index in [9.17, 15) is 24.3 Å². The Bertz CT molecular complexity index is 2080. The summed E-state index contributed by atoms with van der Waals surface area (Å²) in [6, 6.07) is 3.31. The number of oxazole rings is 1. The van der Waals surface area contributed by atoms with Crippen LogP contribution < -0.4 is 25.4 Å². The summed E-state index contributed by atoms with van der Waals surface area (Å²) in [7, 11) is 1.57. The maximum absolute atomic E-state index is 14.7. The van der Waals surface area contributed by atoms with Crippen LogP contribution in [0.3, 0.4) is 0 Å². The van der Waals surface area contributed by atoms with Gasteiger partial charge in [0.15, 0.2) is 0 Å². The van der Waals surface area contributed by atoms with E-state index in [0.29, 0.717) is 64.7 Å². The second kappa shape index (κ2) is 16.7. The molecule has 1 aromatic carbocycles. The van der Waals surface area contributed by atoms with Crippen molar-refractivity contribution in [3.8, 4) is 22.9 Å². The Kier molecular flexibility index (Phi) is 12.0. The minimum atomic E-state index is -1.43. The van der Waals surface area contributed by atoms with Gasteiger partial charge < -0.3 is 49.3 Å². The number of anilines is 1. The van der Waals surface area contributed by atoms with Gasteiger partial charge in [-0.1, -0.05) is 45.7 Å². The molecule has 0 spiro atoms. The summed E-state index contributed by atoms with van der Waals surface area (Å²) in [4.78, 5) is 65.5. The fourth-order valence-corrected chi connectivity index (χ4v) is 8.77. The average molecular weight is 839 g/mol. The van der Waals surface area contributed by atoms with Crippen LogP contribution in [0.25, 0.3) is 22.3 Å². The number of nitrogens with one attached hydrogen (secondary N) is 3. The number of alkyl carbamates (subject to hydrolysis) is 1. The Morgan fingerprint density at radius 1 is 1.03 bits per heavy atom. The summed E-state index contributed by atoms with van der Waals surface area (Å²) in [5.74, 6) is -0.589.